The van der Waals surface area contributed by atoms with E-state index < -0.39 is 0 Å². The molecule has 1 fully saturated rings. The quantitative estimate of drug-likeness (QED) is 0.702. The largest absolute Gasteiger partial charge is 0.322 e. The van der Waals surface area contributed by atoms with Crippen LogP contribution in [0.5, 0.6) is 0 Å². The molecular weight excluding hydrogens is 376 g/mol. The molecular formula is C21H21ClN4O2. The molecule has 0 bridgehead atoms. The molecule has 0 radical (unpaired) electrons. The highest BCUT2D eigenvalue weighted by Crippen LogP contribution is 2.21. The number of aromatic nitrogens is 2. The number of likely N-dealkylation sites (tertiary alicyclic amines) is 1. The molecule has 1 aliphatic rings. The SMILES string of the molecule is O=C(Nc1cccc(CN2CCCCC2)c1)c1ccc2c(=O)[nH]nc(Cl)c2c1. The van der Waals surface area contributed by atoms with Crippen LogP contribution in [0.25, 0.3) is 10.8 Å². The molecule has 4 rings (SSSR count). The van der Waals surface area contributed by atoms with Crippen molar-refractivity contribution < 1.29 is 4.79 Å². The van der Waals surface area contributed by atoms with Gasteiger partial charge in [-0.2, -0.15) is 5.10 Å². The summed E-state index contributed by atoms with van der Waals surface area (Å²) in [6, 6.07) is 12.7. The van der Waals surface area contributed by atoms with E-state index in [2.05, 4.69) is 26.5 Å². The second-order valence-electron chi connectivity index (χ2n) is 7.10. The first-order valence-corrected chi connectivity index (χ1v) is 9.78. The van der Waals surface area contributed by atoms with Crippen LogP contribution in [-0.2, 0) is 6.54 Å². The van der Waals surface area contributed by atoms with Crippen molar-refractivity contribution in [3.63, 3.8) is 0 Å². The van der Waals surface area contributed by atoms with E-state index in [1.807, 2.05) is 18.2 Å². The summed E-state index contributed by atoms with van der Waals surface area (Å²) in [6.07, 6.45) is 3.81. The molecule has 144 valence electrons. The van der Waals surface area contributed by atoms with E-state index in [0.29, 0.717) is 16.3 Å². The predicted molar refractivity (Wildman–Crippen MR) is 111 cm³/mol. The number of benzene rings is 2. The molecule has 1 aromatic heterocycles. The number of nitrogens with one attached hydrogen (secondary N) is 2. The van der Waals surface area contributed by atoms with Crippen molar-refractivity contribution in [3.8, 4) is 0 Å². The molecule has 6 nitrogen and oxygen atoms in total. The predicted octanol–water partition coefficient (Wildman–Crippen LogP) is 3.81. The zero-order valence-corrected chi connectivity index (χ0v) is 16.1. The van der Waals surface area contributed by atoms with Crippen LogP contribution in [0.15, 0.2) is 47.3 Å². The van der Waals surface area contributed by atoms with Gasteiger partial charge >= 0.3 is 0 Å². The molecule has 1 amide bonds. The Hall–Kier alpha value is -2.70. The van der Waals surface area contributed by atoms with Crippen LogP contribution in [0.2, 0.25) is 5.15 Å². The maximum atomic E-state index is 12.7. The topological polar surface area (TPSA) is 78.1 Å². The van der Waals surface area contributed by atoms with Gasteiger partial charge in [0.25, 0.3) is 11.5 Å². The fourth-order valence-corrected chi connectivity index (χ4v) is 3.80. The highest BCUT2D eigenvalue weighted by Gasteiger charge is 2.13. The first-order valence-electron chi connectivity index (χ1n) is 9.41. The minimum absolute atomic E-state index is 0.160. The van der Waals surface area contributed by atoms with Gasteiger partial charge in [-0.25, -0.2) is 5.10 Å². The summed E-state index contributed by atoms with van der Waals surface area (Å²) in [5.74, 6) is -0.256. The molecule has 7 heteroatoms. The van der Waals surface area contributed by atoms with Gasteiger partial charge in [0.15, 0.2) is 5.15 Å². The second-order valence-corrected chi connectivity index (χ2v) is 7.45. The Morgan fingerprint density at radius 3 is 2.75 bits per heavy atom. The molecule has 2 aromatic carbocycles. The Bertz CT molecular complexity index is 1070. The van der Waals surface area contributed by atoms with Gasteiger partial charge in [-0.15, -0.1) is 0 Å². The van der Waals surface area contributed by atoms with Crippen LogP contribution < -0.4 is 10.9 Å². The number of rotatable bonds is 4. The van der Waals surface area contributed by atoms with Crippen molar-refractivity contribution in [2.24, 2.45) is 0 Å². The summed E-state index contributed by atoms with van der Waals surface area (Å²) in [4.78, 5) is 27.0. The Morgan fingerprint density at radius 1 is 1.11 bits per heavy atom. The first kappa shape index (κ1) is 18.7. The molecule has 0 unspecified atom stereocenters. The lowest BCUT2D eigenvalue weighted by atomic mass is 10.1. The molecule has 0 aliphatic carbocycles. The molecule has 0 saturated carbocycles. The monoisotopic (exact) mass is 396 g/mol. The Morgan fingerprint density at radius 2 is 1.93 bits per heavy atom. The number of aromatic amines is 1. The maximum Gasteiger partial charge on any atom is 0.272 e. The standard InChI is InChI=1S/C21H21ClN4O2/c22-19-18-12-15(7-8-17(18)21(28)25-24-19)20(27)23-16-6-4-5-14(11-16)13-26-9-2-1-3-10-26/h4-8,11-12H,1-3,9-10,13H2,(H,23,27)(H,25,28). The molecule has 0 atom stereocenters. The number of piperidine rings is 1. The zero-order chi connectivity index (χ0) is 19.5. The summed E-state index contributed by atoms with van der Waals surface area (Å²) in [7, 11) is 0. The minimum atomic E-state index is -0.336. The lowest BCUT2D eigenvalue weighted by Gasteiger charge is -2.26. The van der Waals surface area contributed by atoms with Crippen LogP contribution in [0.3, 0.4) is 0 Å². The normalized spacial score (nSPS) is 14.9. The number of amides is 1. The van der Waals surface area contributed by atoms with Gasteiger partial charge < -0.3 is 5.32 Å². The van der Waals surface area contributed by atoms with Crippen LogP contribution in [0.1, 0.15) is 35.2 Å². The van der Waals surface area contributed by atoms with Crippen LogP contribution >= 0.6 is 11.6 Å². The number of anilines is 1. The van der Waals surface area contributed by atoms with E-state index in [0.717, 1.165) is 25.3 Å². The Kier molecular flexibility index (Phi) is 5.41. The third-order valence-corrected chi connectivity index (χ3v) is 5.33. The summed E-state index contributed by atoms with van der Waals surface area (Å²) >= 11 is 6.06. The third-order valence-electron chi connectivity index (χ3n) is 5.04. The van der Waals surface area contributed by atoms with Gasteiger partial charge in [0.2, 0.25) is 0 Å². The maximum absolute atomic E-state index is 12.7. The number of H-pyrrole nitrogens is 1. The Labute approximate surface area is 167 Å². The van der Waals surface area contributed by atoms with E-state index >= 15 is 0 Å². The highest BCUT2D eigenvalue weighted by atomic mass is 35.5. The third kappa shape index (κ3) is 4.08. The van der Waals surface area contributed by atoms with Crippen molar-refractivity contribution in [3.05, 3.63) is 69.1 Å². The van der Waals surface area contributed by atoms with E-state index in [-0.39, 0.29) is 16.6 Å². The van der Waals surface area contributed by atoms with Crippen molar-refractivity contribution in [1.82, 2.24) is 15.1 Å². The van der Waals surface area contributed by atoms with Crippen LogP contribution in [0.4, 0.5) is 5.69 Å². The fourth-order valence-electron chi connectivity index (χ4n) is 3.60. The van der Waals surface area contributed by atoms with Gasteiger partial charge in [0, 0.05) is 23.2 Å². The second kappa shape index (κ2) is 8.12. The number of hydrogen-bond donors (Lipinski definition) is 2. The molecule has 2 N–H and O–H groups in total. The number of halogens is 1. The van der Waals surface area contributed by atoms with Crippen LogP contribution in [-0.4, -0.2) is 34.1 Å². The smallest absolute Gasteiger partial charge is 0.272 e. The van der Waals surface area contributed by atoms with E-state index in [9.17, 15) is 9.59 Å². The molecule has 2 heterocycles. The summed E-state index contributed by atoms with van der Waals surface area (Å²) in [6.45, 7) is 3.15. The Balaban J connectivity index is 1.52. The van der Waals surface area contributed by atoms with E-state index in [1.54, 1.807) is 18.2 Å². The lowest BCUT2D eigenvalue weighted by Crippen LogP contribution is -2.29. The molecule has 1 aliphatic heterocycles. The van der Waals surface area contributed by atoms with Crippen molar-refractivity contribution in [1.29, 1.82) is 0 Å². The fraction of sp³-hybridized carbons (Fsp3) is 0.286. The van der Waals surface area contributed by atoms with Crippen LogP contribution in [0, 0.1) is 0 Å². The van der Waals surface area contributed by atoms with Crippen molar-refractivity contribution in [2.45, 2.75) is 25.8 Å². The van der Waals surface area contributed by atoms with Gasteiger partial charge in [0.05, 0.1) is 5.39 Å². The zero-order valence-electron chi connectivity index (χ0n) is 15.4. The van der Waals surface area contributed by atoms with Gasteiger partial charge in [-0.05, 0) is 61.8 Å². The number of hydrogen-bond acceptors (Lipinski definition) is 4. The van der Waals surface area contributed by atoms with E-state index in [4.69, 9.17) is 11.6 Å². The number of nitrogens with zero attached hydrogens (tertiary/aromatic N) is 2. The average molecular weight is 397 g/mol. The highest BCUT2D eigenvalue weighted by molar-refractivity contribution is 6.34. The average Bonchev–Trinajstić information content (AvgIpc) is 2.71. The van der Waals surface area contributed by atoms with Gasteiger partial charge in [-0.3, -0.25) is 14.5 Å². The first-order chi connectivity index (χ1) is 13.6. The number of fused-ring (bicyclic) bond motifs is 1. The number of carbonyl (C=O) groups is 1. The summed E-state index contributed by atoms with van der Waals surface area (Å²) in [5.41, 5.74) is 2.01. The van der Waals surface area contributed by atoms with E-state index in [1.165, 1.54) is 24.8 Å². The molecule has 1 saturated heterocycles. The molecule has 28 heavy (non-hydrogen) atoms. The minimum Gasteiger partial charge on any atom is -0.322 e. The lowest BCUT2D eigenvalue weighted by molar-refractivity contribution is 0.102. The molecule has 3 aromatic rings. The summed E-state index contributed by atoms with van der Waals surface area (Å²) in [5, 5.41) is 10.0. The van der Waals surface area contributed by atoms with Crippen molar-refractivity contribution >= 4 is 34.0 Å². The summed E-state index contributed by atoms with van der Waals surface area (Å²) < 4.78 is 0. The molecule has 0 spiro atoms. The van der Waals surface area contributed by atoms with Crippen molar-refractivity contribution in [2.75, 3.05) is 18.4 Å². The van der Waals surface area contributed by atoms with Gasteiger partial charge in [-0.1, -0.05) is 30.2 Å². The number of carbonyl (C=O) groups excluding carboxylic acids is 1. The van der Waals surface area contributed by atoms with Gasteiger partial charge in [0.1, 0.15) is 0 Å².